The van der Waals surface area contributed by atoms with E-state index < -0.39 is 5.41 Å². The van der Waals surface area contributed by atoms with Crippen LogP contribution in [0.3, 0.4) is 0 Å². The highest BCUT2D eigenvalue weighted by Gasteiger charge is 2.52. The van der Waals surface area contributed by atoms with Gasteiger partial charge in [-0.2, -0.15) is 0 Å². The van der Waals surface area contributed by atoms with Crippen molar-refractivity contribution in [3.8, 4) is 44.5 Å². The van der Waals surface area contributed by atoms with Gasteiger partial charge in [0.1, 0.15) is 11.2 Å². The highest BCUT2D eigenvalue weighted by Crippen LogP contribution is 2.64. The lowest BCUT2D eigenvalue weighted by Gasteiger charge is -2.33. The molecule has 10 aromatic carbocycles. The number of benzene rings is 10. The van der Waals surface area contributed by atoms with E-state index in [0.717, 1.165) is 39.0 Å². The first kappa shape index (κ1) is 41.3. The van der Waals surface area contributed by atoms with Crippen LogP contribution < -0.4 is 4.90 Å². The maximum atomic E-state index is 6.55. The largest absolute Gasteiger partial charge is 0.456 e. The molecule has 0 unspecified atom stereocenters. The van der Waals surface area contributed by atoms with Gasteiger partial charge in [0.05, 0.1) is 16.5 Å². The zero-order valence-electron chi connectivity index (χ0n) is 40.1. The summed E-state index contributed by atoms with van der Waals surface area (Å²) in [5.41, 5.74) is 22.6. The molecule has 1 aromatic heterocycles. The Kier molecular flexibility index (Phi) is 8.99. The Hall–Kier alpha value is -7.94. The Bertz CT molecular complexity index is 3780. The van der Waals surface area contributed by atoms with Gasteiger partial charge in [0, 0.05) is 16.8 Å². The predicted octanol–water partition coefficient (Wildman–Crippen LogP) is 18.5. The second-order valence-corrected chi connectivity index (χ2v) is 21.3. The monoisotopic (exact) mass is 887 g/mol. The Morgan fingerprint density at radius 3 is 1.59 bits per heavy atom. The van der Waals surface area contributed by atoms with Crippen molar-refractivity contribution < 1.29 is 4.42 Å². The maximum absolute atomic E-state index is 6.55. The summed E-state index contributed by atoms with van der Waals surface area (Å²) < 4.78 is 6.55. The van der Waals surface area contributed by atoms with Gasteiger partial charge >= 0.3 is 0 Å². The first-order valence-corrected chi connectivity index (χ1v) is 24.4. The van der Waals surface area contributed by atoms with Gasteiger partial charge in [-0.05, 0) is 142 Å². The number of hydrogen-bond acceptors (Lipinski definition) is 2. The quantitative estimate of drug-likeness (QED) is 0.171. The van der Waals surface area contributed by atoms with Gasteiger partial charge in [-0.1, -0.05) is 211 Å². The summed E-state index contributed by atoms with van der Waals surface area (Å²) in [5.74, 6) is 0. The molecule has 0 N–H and O–H groups in total. The topological polar surface area (TPSA) is 16.4 Å². The second kappa shape index (κ2) is 15.0. The molecule has 0 saturated carbocycles. The molecule has 1 heterocycles. The minimum Gasteiger partial charge on any atom is -0.456 e. The van der Waals surface area contributed by atoms with Crippen molar-refractivity contribution in [2.75, 3.05) is 4.90 Å². The lowest BCUT2D eigenvalue weighted by Crippen LogP contribution is -2.27. The van der Waals surface area contributed by atoms with E-state index in [1.54, 1.807) is 0 Å². The third-order valence-electron chi connectivity index (χ3n) is 15.2. The van der Waals surface area contributed by atoms with E-state index in [4.69, 9.17) is 4.42 Å². The van der Waals surface area contributed by atoms with Crippen molar-refractivity contribution in [1.29, 1.82) is 0 Å². The second-order valence-electron chi connectivity index (χ2n) is 21.3. The molecule has 13 rings (SSSR count). The van der Waals surface area contributed by atoms with Crippen LogP contribution in [-0.4, -0.2) is 0 Å². The van der Waals surface area contributed by atoms with Crippen LogP contribution in [0.4, 0.5) is 17.1 Å². The van der Waals surface area contributed by atoms with Gasteiger partial charge in [0.15, 0.2) is 0 Å². The number of fused-ring (bicyclic) bond motifs is 14. The van der Waals surface area contributed by atoms with E-state index in [1.807, 2.05) is 0 Å². The molecule has 0 amide bonds. The van der Waals surface area contributed by atoms with Crippen LogP contribution in [0.25, 0.3) is 77.2 Å². The first-order chi connectivity index (χ1) is 33.5. The summed E-state index contributed by atoms with van der Waals surface area (Å²) in [5, 5.41) is 4.72. The first-order valence-electron chi connectivity index (χ1n) is 24.4. The van der Waals surface area contributed by atoms with Crippen LogP contribution in [0.5, 0.6) is 0 Å². The molecule has 0 radical (unpaired) electrons. The van der Waals surface area contributed by atoms with Crippen molar-refractivity contribution in [2.45, 2.75) is 57.8 Å². The molecule has 11 aromatic rings. The third-order valence-corrected chi connectivity index (χ3v) is 15.2. The van der Waals surface area contributed by atoms with Crippen LogP contribution in [0.2, 0.25) is 0 Å². The van der Waals surface area contributed by atoms with E-state index in [-0.39, 0.29) is 10.8 Å². The van der Waals surface area contributed by atoms with Gasteiger partial charge in [-0.3, -0.25) is 0 Å². The summed E-state index contributed by atoms with van der Waals surface area (Å²) in [4.78, 5) is 2.44. The fraction of sp³-hybridized carbons (Fsp3) is 0.134. The van der Waals surface area contributed by atoms with Gasteiger partial charge in [-0.15, -0.1) is 0 Å². The minimum absolute atomic E-state index is 0.0123. The lowest BCUT2D eigenvalue weighted by atomic mass is 9.69. The predicted molar refractivity (Wildman–Crippen MR) is 290 cm³/mol. The molecule has 0 aliphatic heterocycles. The molecule has 0 atom stereocenters. The zero-order chi connectivity index (χ0) is 46.8. The average Bonchev–Trinajstić information content (AvgIpc) is 4.00. The molecule has 2 nitrogen and oxygen atoms in total. The Morgan fingerprint density at radius 1 is 0.362 bits per heavy atom. The van der Waals surface area contributed by atoms with E-state index in [0.29, 0.717) is 0 Å². The summed E-state index contributed by atoms with van der Waals surface area (Å²) in [6.07, 6.45) is 0. The van der Waals surface area contributed by atoms with Crippen LogP contribution in [0, 0.1) is 0 Å². The van der Waals surface area contributed by atoms with Crippen LogP contribution >= 0.6 is 0 Å². The standard InChI is InChI=1S/C67H53NO/c1-65(2,3)46-31-36-53-54-37-32-47(66(4,5)6)40-60(54)67(59(53)39-46)57-21-11-9-18-52(57)56-41-49(35-38-58(56)67)68(61-22-14-24-63-64(61)55-19-10-12-23-62(55)69-63)48-33-29-43(30-34-48)42-25-27-45(28-26-42)51-20-13-16-44-15-7-8-17-50(44)51/h7-41H,1-6H3. The van der Waals surface area contributed by atoms with Crippen LogP contribution in [0.15, 0.2) is 217 Å². The SMILES string of the molecule is CC(C)(C)c1ccc2c(c1)C1(c3ccccc3-c3cc(N(c4ccc(-c5ccc(-c6cccc7ccccc67)cc5)cc4)c4cccc5oc6ccccc6c45)ccc31)c1cc(C(C)(C)C)ccc1-2. The van der Waals surface area contributed by atoms with Gasteiger partial charge in [0.25, 0.3) is 0 Å². The Morgan fingerprint density at radius 2 is 0.884 bits per heavy atom. The molecular formula is C67H53NO. The number of para-hydroxylation sites is 1. The molecule has 1 spiro atoms. The van der Waals surface area contributed by atoms with Crippen molar-refractivity contribution >= 4 is 49.8 Å². The van der Waals surface area contributed by atoms with Crippen LogP contribution in [0.1, 0.15) is 74.9 Å². The molecular weight excluding hydrogens is 835 g/mol. The molecule has 332 valence electrons. The molecule has 0 saturated heterocycles. The van der Waals surface area contributed by atoms with Crippen molar-refractivity contribution in [2.24, 2.45) is 0 Å². The molecule has 0 fully saturated rings. The van der Waals surface area contributed by atoms with Gasteiger partial charge in [-0.25, -0.2) is 0 Å². The molecule has 69 heavy (non-hydrogen) atoms. The molecule has 0 bridgehead atoms. The minimum atomic E-state index is -0.478. The Balaban J connectivity index is 0.995. The third kappa shape index (κ3) is 6.24. The number of hydrogen-bond donors (Lipinski definition) is 0. The number of rotatable bonds is 5. The van der Waals surface area contributed by atoms with E-state index >= 15 is 0 Å². The summed E-state index contributed by atoms with van der Waals surface area (Å²) in [6.45, 7) is 14.0. The maximum Gasteiger partial charge on any atom is 0.137 e. The fourth-order valence-corrected chi connectivity index (χ4v) is 11.7. The number of nitrogens with zero attached hydrogens (tertiary/aromatic N) is 1. The van der Waals surface area contributed by atoms with Crippen molar-refractivity contribution in [1.82, 2.24) is 0 Å². The summed E-state index contributed by atoms with van der Waals surface area (Å²) >= 11 is 0. The molecule has 2 aliphatic rings. The highest BCUT2D eigenvalue weighted by molar-refractivity contribution is 6.13. The van der Waals surface area contributed by atoms with Crippen LogP contribution in [-0.2, 0) is 16.2 Å². The van der Waals surface area contributed by atoms with E-state index in [2.05, 4.69) is 259 Å². The Labute approximate surface area is 405 Å². The lowest BCUT2D eigenvalue weighted by molar-refractivity contribution is 0.586. The van der Waals surface area contributed by atoms with Crippen molar-refractivity contribution in [3.05, 3.63) is 246 Å². The number of furan rings is 1. The van der Waals surface area contributed by atoms with E-state index in [9.17, 15) is 0 Å². The zero-order valence-corrected chi connectivity index (χ0v) is 40.1. The van der Waals surface area contributed by atoms with Gasteiger partial charge in [0.2, 0.25) is 0 Å². The smallest absolute Gasteiger partial charge is 0.137 e. The van der Waals surface area contributed by atoms with Gasteiger partial charge < -0.3 is 9.32 Å². The summed E-state index contributed by atoms with van der Waals surface area (Å²) in [6, 6.07) is 79.2. The normalized spacial score (nSPS) is 13.5. The van der Waals surface area contributed by atoms with Crippen molar-refractivity contribution in [3.63, 3.8) is 0 Å². The fourth-order valence-electron chi connectivity index (χ4n) is 11.7. The number of anilines is 3. The molecule has 2 aliphatic carbocycles. The van der Waals surface area contributed by atoms with E-state index in [1.165, 1.54) is 88.7 Å². The summed E-state index contributed by atoms with van der Waals surface area (Å²) in [7, 11) is 0. The average molecular weight is 888 g/mol. The highest BCUT2D eigenvalue weighted by atomic mass is 16.3. The molecule has 2 heteroatoms.